The maximum Gasteiger partial charge on any atom is 0.417 e. The second-order valence-corrected chi connectivity index (χ2v) is 11.8. The zero-order chi connectivity index (χ0) is 30.2. The number of alkyl halides is 3. The standard InChI is InChI=1S/C29H34F3N3O6/c1-4-8-35(3)22-15-10-12-9-14-19(17(36)11-13(16-6-5-7-34-16)21(14)29(30,31)32)23(37)18(12)25(39)28(15,2)26(40)20(24(22)38)27(33)41/h11-12,15-16,22,34,36-37,40H,4-10H2,1-3H3,(H2,33,41)/t12-,15-,16?,22-,28+/m0/s1. The fraction of sp³-hybridized carbons (Fsp3) is 0.552. The van der Waals surface area contributed by atoms with E-state index in [0.717, 1.165) is 6.07 Å². The van der Waals surface area contributed by atoms with Crippen molar-refractivity contribution in [3.63, 3.8) is 0 Å². The molecule has 5 atom stereocenters. The van der Waals surface area contributed by atoms with Crippen LogP contribution >= 0.6 is 0 Å². The lowest BCUT2D eigenvalue weighted by Crippen LogP contribution is -2.61. The van der Waals surface area contributed by atoms with Crippen LogP contribution in [0.2, 0.25) is 0 Å². The molecule has 1 heterocycles. The van der Waals surface area contributed by atoms with Crippen molar-refractivity contribution in [1.82, 2.24) is 10.2 Å². The lowest BCUT2D eigenvalue weighted by molar-refractivity contribution is -0.140. The van der Waals surface area contributed by atoms with E-state index >= 15 is 0 Å². The maximum absolute atomic E-state index is 14.6. The third-order valence-electron chi connectivity index (χ3n) is 9.43. The molecule has 41 heavy (non-hydrogen) atoms. The Bertz CT molecular complexity index is 1410. The van der Waals surface area contributed by atoms with Crippen molar-refractivity contribution in [2.45, 2.75) is 64.2 Å². The minimum atomic E-state index is -4.82. The Labute approximate surface area is 234 Å². The molecule has 0 radical (unpaired) electrons. The summed E-state index contributed by atoms with van der Waals surface area (Å²) >= 11 is 0. The van der Waals surface area contributed by atoms with Crippen LogP contribution in [0.15, 0.2) is 23.0 Å². The fourth-order valence-electron chi connectivity index (χ4n) is 7.61. The zero-order valence-corrected chi connectivity index (χ0v) is 23.1. The lowest BCUT2D eigenvalue weighted by Gasteiger charge is -2.52. The highest BCUT2D eigenvalue weighted by atomic mass is 19.4. The van der Waals surface area contributed by atoms with Crippen LogP contribution in [0, 0.1) is 17.3 Å². The number of nitrogens with zero attached hydrogens (tertiary/aromatic N) is 1. The molecule has 5 rings (SSSR count). The Kier molecular flexibility index (Phi) is 7.01. The van der Waals surface area contributed by atoms with Crippen molar-refractivity contribution in [1.29, 1.82) is 0 Å². The van der Waals surface area contributed by atoms with Gasteiger partial charge in [0, 0.05) is 17.5 Å². The maximum atomic E-state index is 14.6. The number of nitrogens with one attached hydrogen (secondary N) is 1. The van der Waals surface area contributed by atoms with E-state index in [9.17, 15) is 42.9 Å². The van der Waals surface area contributed by atoms with Crippen LogP contribution in [0.1, 0.15) is 67.8 Å². The van der Waals surface area contributed by atoms with Gasteiger partial charge in [-0.05, 0) is 82.3 Å². The van der Waals surface area contributed by atoms with Gasteiger partial charge in [-0.2, -0.15) is 13.2 Å². The largest absolute Gasteiger partial charge is 0.510 e. The number of amides is 1. The van der Waals surface area contributed by atoms with Gasteiger partial charge in [0.1, 0.15) is 22.8 Å². The molecular formula is C29H34F3N3O6. The van der Waals surface area contributed by atoms with Crippen molar-refractivity contribution in [2.24, 2.45) is 23.0 Å². The zero-order valence-electron chi connectivity index (χ0n) is 23.1. The molecule has 3 aliphatic carbocycles. The fourth-order valence-corrected chi connectivity index (χ4v) is 7.61. The van der Waals surface area contributed by atoms with Crippen LogP contribution in [0.25, 0.3) is 5.76 Å². The first kappa shape index (κ1) is 29.1. The number of carbonyl (C=O) groups excluding carboxylic acids is 3. The van der Waals surface area contributed by atoms with E-state index < -0.39 is 87.0 Å². The van der Waals surface area contributed by atoms with Gasteiger partial charge in [0.05, 0.1) is 22.6 Å². The van der Waals surface area contributed by atoms with E-state index in [1.54, 1.807) is 11.9 Å². The number of allylic oxidation sites excluding steroid dienone is 2. The first-order chi connectivity index (χ1) is 19.2. The van der Waals surface area contributed by atoms with Gasteiger partial charge in [-0.3, -0.25) is 19.3 Å². The molecule has 1 aromatic carbocycles. The Hall–Kier alpha value is -3.38. The van der Waals surface area contributed by atoms with E-state index in [1.165, 1.54) is 6.92 Å². The number of hydrogen-bond donors (Lipinski definition) is 5. The van der Waals surface area contributed by atoms with Gasteiger partial charge in [0.15, 0.2) is 11.6 Å². The van der Waals surface area contributed by atoms with E-state index in [1.807, 2.05) is 6.92 Å². The van der Waals surface area contributed by atoms with E-state index in [2.05, 4.69) is 5.32 Å². The van der Waals surface area contributed by atoms with Crippen LogP contribution in [0.4, 0.5) is 13.2 Å². The molecule has 9 nitrogen and oxygen atoms in total. The normalized spacial score (nSPS) is 30.0. The number of phenols is 1. The predicted octanol–water partition coefficient (Wildman–Crippen LogP) is 3.46. The molecule has 1 amide bonds. The van der Waals surface area contributed by atoms with Gasteiger partial charge < -0.3 is 26.4 Å². The van der Waals surface area contributed by atoms with Crippen molar-refractivity contribution in [2.75, 3.05) is 20.1 Å². The third-order valence-corrected chi connectivity index (χ3v) is 9.43. The molecule has 1 saturated carbocycles. The van der Waals surface area contributed by atoms with Gasteiger partial charge in [-0.15, -0.1) is 0 Å². The quantitative estimate of drug-likeness (QED) is 0.334. The molecule has 0 aromatic heterocycles. The highest BCUT2D eigenvalue weighted by Crippen LogP contribution is 2.58. The van der Waals surface area contributed by atoms with E-state index in [-0.39, 0.29) is 29.5 Å². The second-order valence-electron chi connectivity index (χ2n) is 11.8. The number of aromatic hydroxyl groups is 1. The number of ketones is 2. The summed E-state index contributed by atoms with van der Waals surface area (Å²) in [6.07, 6.45) is -3.44. The summed E-state index contributed by atoms with van der Waals surface area (Å²) in [6, 6.07) is -0.696. The molecule has 0 bridgehead atoms. The monoisotopic (exact) mass is 577 g/mol. The molecule has 222 valence electrons. The molecule has 1 unspecified atom stereocenters. The molecule has 1 aromatic rings. The van der Waals surface area contributed by atoms with Gasteiger partial charge in [-0.25, -0.2) is 0 Å². The summed E-state index contributed by atoms with van der Waals surface area (Å²) in [5.41, 5.74) is 0.822. The van der Waals surface area contributed by atoms with Crippen LogP contribution in [-0.2, 0) is 27.0 Å². The number of aliphatic hydroxyl groups is 2. The molecule has 4 aliphatic rings. The van der Waals surface area contributed by atoms with Gasteiger partial charge in [0.25, 0.3) is 5.91 Å². The number of likely N-dealkylation sites (N-methyl/N-ethyl adjacent to an activating group) is 1. The van der Waals surface area contributed by atoms with Crippen molar-refractivity contribution in [3.05, 3.63) is 45.2 Å². The first-order valence-corrected chi connectivity index (χ1v) is 13.8. The number of halogens is 3. The smallest absolute Gasteiger partial charge is 0.417 e. The summed E-state index contributed by atoms with van der Waals surface area (Å²) in [6.45, 7) is 4.16. The number of nitrogens with two attached hydrogens (primary N) is 1. The average molecular weight is 578 g/mol. The van der Waals surface area contributed by atoms with Crippen LogP contribution in [0.5, 0.6) is 5.75 Å². The molecule has 1 saturated heterocycles. The third kappa shape index (κ3) is 4.17. The van der Waals surface area contributed by atoms with Crippen molar-refractivity contribution < 1.29 is 42.9 Å². The minimum Gasteiger partial charge on any atom is -0.510 e. The number of carbonyl (C=O) groups is 3. The number of rotatable bonds is 5. The lowest BCUT2D eigenvalue weighted by atomic mass is 9.52. The topological polar surface area (TPSA) is 153 Å². The van der Waals surface area contributed by atoms with Crippen molar-refractivity contribution in [3.8, 4) is 5.75 Å². The summed E-state index contributed by atoms with van der Waals surface area (Å²) < 4.78 is 43.9. The van der Waals surface area contributed by atoms with Crippen molar-refractivity contribution >= 4 is 23.2 Å². The predicted molar refractivity (Wildman–Crippen MR) is 142 cm³/mol. The van der Waals surface area contributed by atoms with E-state index in [4.69, 9.17) is 5.73 Å². The molecule has 6 N–H and O–H groups in total. The molecule has 0 spiro atoms. The number of hydrogen-bond acceptors (Lipinski definition) is 8. The SMILES string of the molecule is CCCN(C)[C@@H]1C(=O)C(C(N)=O)=C(O)[C@@]2(C)C(=O)C3=C(O)c4c(O)cc(C5CCCN5)c(C(F)(F)F)c4C[C@H]3C[C@@H]12. The second kappa shape index (κ2) is 9.87. The number of Topliss-reactive ketones (excluding diaryl/α,β-unsaturated/α-hetero) is 2. The first-order valence-electron chi connectivity index (χ1n) is 13.8. The number of aliphatic hydroxyl groups excluding tert-OH is 2. The summed E-state index contributed by atoms with van der Waals surface area (Å²) in [7, 11) is 1.64. The Morgan fingerprint density at radius 2 is 1.93 bits per heavy atom. The highest BCUT2D eigenvalue weighted by Gasteiger charge is 2.62. The Morgan fingerprint density at radius 3 is 2.49 bits per heavy atom. The van der Waals surface area contributed by atoms with Crippen LogP contribution in [0.3, 0.4) is 0 Å². The minimum absolute atomic E-state index is 0.0361. The average Bonchev–Trinajstić information content (AvgIpc) is 3.40. The summed E-state index contributed by atoms with van der Waals surface area (Å²) in [5, 5.41) is 36.6. The van der Waals surface area contributed by atoms with Crippen LogP contribution < -0.4 is 11.1 Å². The number of benzene rings is 1. The summed E-state index contributed by atoms with van der Waals surface area (Å²) in [5.74, 6) is -6.83. The molecule has 1 aliphatic heterocycles. The summed E-state index contributed by atoms with van der Waals surface area (Å²) in [4.78, 5) is 41.7. The molecular weight excluding hydrogens is 543 g/mol. The number of fused-ring (bicyclic) bond motifs is 3. The number of phenolic OH excluding ortho intramolecular Hbond substituents is 1. The van der Waals surface area contributed by atoms with Gasteiger partial charge >= 0.3 is 6.18 Å². The highest BCUT2D eigenvalue weighted by molar-refractivity contribution is 6.24. The van der Waals surface area contributed by atoms with E-state index in [0.29, 0.717) is 32.4 Å². The Balaban J connectivity index is 1.75. The van der Waals surface area contributed by atoms with Gasteiger partial charge in [0.2, 0.25) is 0 Å². The van der Waals surface area contributed by atoms with Gasteiger partial charge in [-0.1, -0.05) is 6.92 Å². The molecule has 2 fully saturated rings. The van der Waals surface area contributed by atoms with Crippen LogP contribution in [-0.4, -0.2) is 63.9 Å². The Morgan fingerprint density at radius 1 is 1.24 bits per heavy atom. The molecule has 12 heteroatoms. The number of primary amides is 1.